The zero-order valence-electron chi connectivity index (χ0n) is 13.4. The van der Waals surface area contributed by atoms with E-state index >= 15 is 0 Å². The Morgan fingerprint density at radius 2 is 1.68 bits per heavy atom. The molecule has 0 spiro atoms. The van der Waals surface area contributed by atoms with Crippen LogP contribution in [-0.4, -0.2) is 44.3 Å². The number of aliphatic carboxylic acids is 4. The van der Waals surface area contributed by atoms with Gasteiger partial charge in [0.25, 0.3) is 0 Å². The Kier molecular flexibility index (Phi) is 4.82. The maximum Gasteiger partial charge on any atom is 0.308 e. The lowest BCUT2D eigenvalue weighted by Crippen LogP contribution is -2.55. The van der Waals surface area contributed by atoms with Crippen LogP contribution in [0.5, 0.6) is 0 Å². The standard InChI is InChI=1S/C17H18O8/c1-17(11(15(22)23)7-12(18)19)10-5-3-2-4-8(10)6-9(14(20)21)13(17)16(24)25/h2-5,9,11,13H,6-7H2,1H3,(H,18,19)(H,20,21)(H,22,23)(H,24,25). The normalized spacial score (nSPS) is 26.3. The van der Waals surface area contributed by atoms with Gasteiger partial charge in [-0.1, -0.05) is 31.2 Å². The Balaban J connectivity index is 2.78. The molecule has 1 aromatic carbocycles. The van der Waals surface area contributed by atoms with Crippen molar-refractivity contribution in [1.29, 1.82) is 0 Å². The van der Waals surface area contributed by atoms with Crippen molar-refractivity contribution in [3.8, 4) is 0 Å². The molecule has 0 aliphatic heterocycles. The highest BCUT2D eigenvalue weighted by Gasteiger charge is 2.57. The lowest BCUT2D eigenvalue weighted by molar-refractivity contribution is -0.164. The summed E-state index contributed by atoms with van der Waals surface area (Å²) in [4.78, 5) is 46.5. The van der Waals surface area contributed by atoms with Crippen LogP contribution in [-0.2, 0) is 31.0 Å². The number of carboxylic acid groups (broad SMARTS) is 4. The number of hydrogen-bond donors (Lipinski definition) is 4. The predicted molar refractivity (Wildman–Crippen MR) is 83.1 cm³/mol. The first-order chi connectivity index (χ1) is 11.6. The minimum Gasteiger partial charge on any atom is -0.481 e. The fourth-order valence-electron chi connectivity index (χ4n) is 3.96. The smallest absolute Gasteiger partial charge is 0.308 e. The van der Waals surface area contributed by atoms with Crippen molar-refractivity contribution in [2.75, 3.05) is 0 Å². The van der Waals surface area contributed by atoms with Crippen molar-refractivity contribution in [2.45, 2.75) is 25.2 Å². The number of fused-ring (bicyclic) bond motifs is 1. The topological polar surface area (TPSA) is 149 Å². The van der Waals surface area contributed by atoms with Crippen LogP contribution < -0.4 is 0 Å². The minimum absolute atomic E-state index is 0.0581. The molecule has 0 aromatic heterocycles. The molecular weight excluding hydrogens is 332 g/mol. The van der Waals surface area contributed by atoms with Crippen LogP contribution in [0.2, 0.25) is 0 Å². The van der Waals surface area contributed by atoms with Gasteiger partial charge in [-0.2, -0.15) is 0 Å². The van der Waals surface area contributed by atoms with Gasteiger partial charge in [-0.05, 0) is 17.5 Å². The lowest BCUT2D eigenvalue weighted by Gasteiger charge is -2.46. The first kappa shape index (κ1) is 18.4. The Bertz CT molecular complexity index is 740. The summed E-state index contributed by atoms with van der Waals surface area (Å²) in [7, 11) is 0. The van der Waals surface area contributed by atoms with Gasteiger partial charge >= 0.3 is 23.9 Å². The highest BCUT2D eigenvalue weighted by molar-refractivity contribution is 5.86. The maximum absolute atomic E-state index is 11.9. The van der Waals surface area contributed by atoms with E-state index in [1.807, 2.05) is 0 Å². The van der Waals surface area contributed by atoms with E-state index in [1.165, 1.54) is 6.92 Å². The Morgan fingerprint density at radius 3 is 2.16 bits per heavy atom. The van der Waals surface area contributed by atoms with Gasteiger partial charge in [-0.25, -0.2) is 0 Å². The van der Waals surface area contributed by atoms with E-state index in [1.54, 1.807) is 24.3 Å². The summed E-state index contributed by atoms with van der Waals surface area (Å²) in [6, 6.07) is 6.39. The summed E-state index contributed by atoms with van der Waals surface area (Å²) in [6.45, 7) is 1.33. The second-order valence-electron chi connectivity index (χ2n) is 6.39. The molecule has 4 N–H and O–H groups in total. The van der Waals surface area contributed by atoms with E-state index in [2.05, 4.69) is 0 Å². The number of benzene rings is 1. The van der Waals surface area contributed by atoms with E-state index in [-0.39, 0.29) is 6.42 Å². The molecule has 134 valence electrons. The van der Waals surface area contributed by atoms with Crippen molar-refractivity contribution in [3.63, 3.8) is 0 Å². The van der Waals surface area contributed by atoms with Crippen molar-refractivity contribution < 1.29 is 39.6 Å². The summed E-state index contributed by atoms with van der Waals surface area (Å²) >= 11 is 0. The highest BCUT2D eigenvalue weighted by Crippen LogP contribution is 2.50. The average molecular weight is 350 g/mol. The third-order valence-electron chi connectivity index (χ3n) is 5.07. The Hall–Kier alpha value is -2.90. The molecule has 0 amide bonds. The molecule has 0 fully saturated rings. The number of carbonyl (C=O) groups is 4. The molecule has 0 radical (unpaired) electrons. The molecule has 25 heavy (non-hydrogen) atoms. The largest absolute Gasteiger partial charge is 0.481 e. The summed E-state index contributed by atoms with van der Waals surface area (Å²) in [5, 5.41) is 37.9. The first-order valence-corrected chi connectivity index (χ1v) is 7.59. The van der Waals surface area contributed by atoms with Gasteiger partial charge in [-0.3, -0.25) is 19.2 Å². The third kappa shape index (κ3) is 3.07. The van der Waals surface area contributed by atoms with Gasteiger partial charge in [0.05, 0.1) is 24.2 Å². The van der Waals surface area contributed by atoms with Crippen LogP contribution in [0.4, 0.5) is 0 Å². The monoisotopic (exact) mass is 350 g/mol. The van der Waals surface area contributed by atoms with Gasteiger partial charge < -0.3 is 20.4 Å². The molecule has 8 heteroatoms. The van der Waals surface area contributed by atoms with E-state index in [0.29, 0.717) is 11.1 Å². The van der Waals surface area contributed by atoms with Crippen molar-refractivity contribution in [2.24, 2.45) is 17.8 Å². The molecule has 0 heterocycles. The van der Waals surface area contributed by atoms with Crippen molar-refractivity contribution >= 4 is 23.9 Å². The molecular formula is C17H18O8. The fourth-order valence-corrected chi connectivity index (χ4v) is 3.96. The molecule has 4 unspecified atom stereocenters. The average Bonchev–Trinajstić information content (AvgIpc) is 2.51. The van der Waals surface area contributed by atoms with Crippen LogP contribution in [0, 0.1) is 17.8 Å². The molecule has 8 nitrogen and oxygen atoms in total. The molecule has 0 saturated heterocycles. The zero-order valence-corrected chi connectivity index (χ0v) is 13.4. The van der Waals surface area contributed by atoms with Crippen LogP contribution in [0.15, 0.2) is 24.3 Å². The van der Waals surface area contributed by atoms with Crippen LogP contribution in [0.3, 0.4) is 0 Å². The van der Waals surface area contributed by atoms with Gasteiger partial charge in [-0.15, -0.1) is 0 Å². The van der Waals surface area contributed by atoms with Gasteiger partial charge in [0.1, 0.15) is 0 Å². The van der Waals surface area contributed by atoms with E-state index in [9.17, 15) is 34.5 Å². The van der Waals surface area contributed by atoms with E-state index in [4.69, 9.17) is 5.11 Å². The third-order valence-corrected chi connectivity index (χ3v) is 5.07. The second kappa shape index (κ2) is 6.54. The second-order valence-corrected chi connectivity index (χ2v) is 6.39. The molecule has 4 atom stereocenters. The lowest BCUT2D eigenvalue weighted by atomic mass is 9.54. The summed E-state index contributed by atoms with van der Waals surface area (Å²) < 4.78 is 0. The number of hydrogen-bond acceptors (Lipinski definition) is 4. The number of carboxylic acids is 4. The maximum atomic E-state index is 11.9. The minimum atomic E-state index is -1.69. The SMILES string of the molecule is CC1(C(CC(=O)O)C(=O)O)c2ccccc2CC(C(=O)O)C1C(=O)O. The molecule has 2 rings (SSSR count). The zero-order chi connectivity index (χ0) is 18.9. The Morgan fingerprint density at radius 1 is 1.08 bits per heavy atom. The molecule has 0 saturated carbocycles. The van der Waals surface area contributed by atoms with Gasteiger partial charge in [0.2, 0.25) is 0 Å². The van der Waals surface area contributed by atoms with Gasteiger partial charge in [0.15, 0.2) is 0 Å². The van der Waals surface area contributed by atoms with Crippen molar-refractivity contribution in [3.05, 3.63) is 35.4 Å². The van der Waals surface area contributed by atoms with Crippen molar-refractivity contribution in [1.82, 2.24) is 0 Å². The molecule has 0 bridgehead atoms. The molecule has 1 aliphatic rings. The van der Waals surface area contributed by atoms with Crippen LogP contribution in [0.25, 0.3) is 0 Å². The first-order valence-electron chi connectivity index (χ1n) is 7.59. The fraction of sp³-hybridized carbons (Fsp3) is 0.412. The quantitative estimate of drug-likeness (QED) is 0.595. The summed E-state index contributed by atoms with van der Waals surface area (Å²) in [5.74, 6) is -10.2. The summed E-state index contributed by atoms with van der Waals surface area (Å²) in [6.07, 6.45) is -0.867. The van der Waals surface area contributed by atoms with Crippen LogP contribution in [0.1, 0.15) is 24.5 Å². The van der Waals surface area contributed by atoms with Crippen LogP contribution >= 0.6 is 0 Å². The van der Waals surface area contributed by atoms with Gasteiger partial charge in [0, 0.05) is 5.41 Å². The molecule has 1 aromatic rings. The van der Waals surface area contributed by atoms with E-state index in [0.717, 1.165) is 0 Å². The summed E-state index contributed by atoms with van der Waals surface area (Å²) in [5.41, 5.74) is -0.798. The predicted octanol–water partition coefficient (Wildman–Crippen LogP) is 1.08. The Labute approximate surface area is 142 Å². The number of rotatable bonds is 6. The van der Waals surface area contributed by atoms with E-state index < -0.39 is 53.5 Å². The molecule has 1 aliphatic carbocycles. The highest BCUT2D eigenvalue weighted by atomic mass is 16.4.